The molecule has 0 fully saturated rings. The Morgan fingerprint density at radius 1 is 0.359 bits per heavy atom. The molecule has 6 nitrogen and oxygen atoms in total. The van der Waals surface area contributed by atoms with E-state index in [-0.39, 0.29) is 0 Å². The van der Waals surface area contributed by atoms with Crippen molar-refractivity contribution in [3.63, 3.8) is 0 Å². The van der Waals surface area contributed by atoms with E-state index in [4.69, 9.17) is 21.5 Å². The molecule has 0 unspecified atom stereocenters. The van der Waals surface area contributed by atoms with E-state index >= 15 is 0 Å². The minimum Gasteiger partial charge on any atom is -0.309 e. The van der Waals surface area contributed by atoms with E-state index < -0.39 is 8.07 Å². The Hall–Kier alpha value is -10.6. The highest BCUT2D eigenvalue weighted by Crippen LogP contribution is 2.41. The van der Waals surface area contributed by atoms with E-state index in [1.165, 1.54) is 20.7 Å². The highest BCUT2D eigenvalue weighted by Gasteiger charge is 2.41. The van der Waals surface area contributed by atoms with Gasteiger partial charge in [0.1, 0.15) is 0 Å². The molecule has 0 saturated heterocycles. The number of nitrogens with zero attached hydrogens (tertiary/aromatic N) is 6. The van der Waals surface area contributed by atoms with Crippen LogP contribution in [0.5, 0.6) is 0 Å². The first-order chi connectivity index (χ1) is 38.5. The number of hydrogen-bond acceptors (Lipinski definition) is 4. The lowest BCUT2D eigenvalue weighted by molar-refractivity contribution is 1.07. The maximum atomic E-state index is 9.68. The van der Waals surface area contributed by atoms with Gasteiger partial charge in [0.05, 0.1) is 34.9 Å². The summed E-state index contributed by atoms with van der Waals surface area (Å²) >= 11 is 0. The van der Waals surface area contributed by atoms with Crippen LogP contribution in [0, 0.1) is 17.9 Å². The van der Waals surface area contributed by atoms with E-state index in [1.807, 2.05) is 109 Å². The van der Waals surface area contributed by atoms with Crippen LogP contribution in [-0.4, -0.2) is 27.6 Å². The van der Waals surface area contributed by atoms with Gasteiger partial charge in [0.15, 0.2) is 31.2 Å². The van der Waals surface area contributed by atoms with Crippen molar-refractivity contribution >= 4 is 56.3 Å². The normalized spacial score (nSPS) is 11.3. The highest BCUT2D eigenvalue weighted by atomic mass is 28.3. The van der Waals surface area contributed by atoms with Crippen molar-refractivity contribution in [3.8, 4) is 79.3 Å². The smallest absolute Gasteiger partial charge is 0.187 e. The Morgan fingerprint density at radius 3 is 1.24 bits per heavy atom. The van der Waals surface area contributed by atoms with Crippen molar-refractivity contribution in [3.05, 3.63) is 296 Å². The summed E-state index contributed by atoms with van der Waals surface area (Å²) in [6.07, 6.45) is 0. The van der Waals surface area contributed by atoms with Gasteiger partial charge in [-0.2, -0.15) is 5.26 Å². The zero-order chi connectivity index (χ0) is 52.4. The zero-order valence-corrected chi connectivity index (χ0v) is 43.2. The second-order valence-electron chi connectivity index (χ2n) is 19.3. The molecular weight excluding hydrogens is 965 g/mol. The summed E-state index contributed by atoms with van der Waals surface area (Å²) in [6, 6.07) is 100. The van der Waals surface area contributed by atoms with Gasteiger partial charge < -0.3 is 4.57 Å². The summed E-state index contributed by atoms with van der Waals surface area (Å²) in [5.74, 6) is 1.74. The second kappa shape index (κ2) is 20.3. The number of rotatable bonds is 11. The molecule has 0 radical (unpaired) electrons. The lowest BCUT2D eigenvalue weighted by Gasteiger charge is -2.34. The minimum atomic E-state index is -2.93. The van der Waals surface area contributed by atoms with Crippen LogP contribution < -0.4 is 20.7 Å². The average Bonchev–Trinajstić information content (AvgIpc) is 3.99. The number of nitriles is 1. The largest absolute Gasteiger partial charge is 0.309 e. The van der Waals surface area contributed by atoms with Crippen LogP contribution in [0.15, 0.2) is 279 Å². The fraction of sp³-hybridized carbons (Fsp3) is 0. The van der Waals surface area contributed by atoms with Crippen molar-refractivity contribution in [1.82, 2.24) is 19.5 Å². The SMILES string of the molecule is [C-]#[N+]c1ccc(-c2ccc3c(c2)c2cc(-c4ccc(C#N)cc4)ccc2n3-c2cc(-c3nc(-c4ccccc4)nc(-c4ccccc4)n3)ccc2-c2cccc([Si](c3ccccc3)(c3ccccc3)c3ccccc3)c2)cc1. The predicted molar refractivity (Wildman–Crippen MR) is 321 cm³/mol. The molecule has 0 aliphatic heterocycles. The molecule has 13 rings (SSSR count). The first-order valence-corrected chi connectivity index (χ1v) is 27.9. The second-order valence-corrected chi connectivity index (χ2v) is 23.2. The summed E-state index contributed by atoms with van der Waals surface area (Å²) in [5.41, 5.74) is 13.1. The third kappa shape index (κ3) is 8.53. The molecule has 7 heteroatoms. The van der Waals surface area contributed by atoms with Gasteiger partial charge in [-0.05, 0) is 91.0 Å². The van der Waals surface area contributed by atoms with Gasteiger partial charge >= 0.3 is 0 Å². The molecule has 11 aromatic carbocycles. The van der Waals surface area contributed by atoms with E-state index in [0.29, 0.717) is 28.7 Å². The molecule has 0 spiro atoms. The van der Waals surface area contributed by atoms with E-state index in [9.17, 15) is 5.26 Å². The van der Waals surface area contributed by atoms with Gasteiger partial charge in [-0.15, -0.1) is 0 Å². The van der Waals surface area contributed by atoms with Crippen LogP contribution in [-0.2, 0) is 0 Å². The molecule has 13 aromatic rings. The quantitative estimate of drug-likeness (QED) is 0.0735. The molecule has 0 N–H and O–H groups in total. The number of benzene rings is 11. The maximum absolute atomic E-state index is 9.68. The summed E-state index contributed by atoms with van der Waals surface area (Å²) in [7, 11) is -2.93. The van der Waals surface area contributed by atoms with Crippen molar-refractivity contribution in [1.29, 1.82) is 5.26 Å². The fourth-order valence-electron chi connectivity index (χ4n) is 11.1. The standard InChI is InChI=1S/C71H46N6Si/c1-73-58-39-34-51(35-40-58)55-38-43-67-65(46-55)64-45-54(50-32-30-49(48-72)31-33-50)37-42-66(64)77(67)68-47-57(71-75-69(52-18-7-2-8-19-52)74-70(76-71)53-20-9-3-10-21-53)36-41-63(68)56-22-17-29-62(44-56)78(59-23-11-4-12-24-59,60-25-13-5-14-26-60)61-27-15-6-16-28-61/h2-47H. The summed E-state index contributed by atoms with van der Waals surface area (Å²) in [4.78, 5) is 19.2. The molecule has 0 bridgehead atoms. The average molecular weight is 1010 g/mol. The lowest BCUT2D eigenvalue weighted by Crippen LogP contribution is -2.74. The lowest BCUT2D eigenvalue weighted by atomic mass is 9.99. The van der Waals surface area contributed by atoms with Gasteiger partial charge in [0.25, 0.3) is 0 Å². The molecule has 0 aliphatic rings. The molecule has 0 saturated carbocycles. The Balaban J connectivity index is 1.10. The van der Waals surface area contributed by atoms with Gasteiger partial charge in [0.2, 0.25) is 0 Å². The third-order valence-electron chi connectivity index (χ3n) is 14.9. The van der Waals surface area contributed by atoms with Crippen LogP contribution in [0.3, 0.4) is 0 Å². The minimum absolute atomic E-state index is 0.557. The Labute approximate surface area is 454 Å². The van der Waals surface area contributed by atoms with E-state index in [1.54, 1.807) is 0 Å². The van der Waals surface area contributed by atoms with Crippen LogP contribution in [0.4, 0.5) is 5.69 Å². The maximum Gasteiger partial charge on any atom is 0.187 e. The van der Waals surface area contributed by atoms with Crippen LogP contribution in [0.1, 0.15) is 5.56 Å². The van der Waals surface area contributed by atoms with Crippen LogP contribution in [0.25, 0.3) is 99.9 Å². The Kier molecular flexibility index (Phi) is 12.3. The van der Waals surface area contributed by atoms with Gasteiger partial charge in [-0.1, -0.05) is 237 Å². The molecule has 2 aromatic heterocycles. The fourth-order valence-corrected chi connectivity index (χ4v) is 15.9. The van der Waals surface area contributed by atoms with Crippen molar-refractivity contribution in [2.75, 3.05) is 0 Å². The van der Waals surface area contributed by atoms with Gasteiger partial charge in [-0.3, -0.25) is 0 Å². The van der Waals surface area contributed by atoms with E-state index in [0.717, 1.165) is 77.6 Å². The van der Waals surface area contributed by atoms with E-state index in [2.05, 4.69) is 185 Å². The topological polar surface area (TPSA) is 71.8 Å². The molecule has 364 valence electrons. The summed E-state index contributed by atoms with van der Waals surface area (Å²) < 4.78 is 2.40. The Morgan fingerprint density at radius 2 is 0.769 bits per heavy atom. The van der Waals surface area contributed by atoms with Crippen LogP contribution in [0.2, 0.25) is 0 Å². The molecule has 78 heavy (non-hydrogen) atoms. The molecule has 2 heterocycles. The third-order valence-corrected chi connectivity index (χ3v) is 19.6. The molecular formula is C71H46N6Si. The monoisotopic (exact) mass is 1010 g/mol. The highest BCUT2D eigenvalue weighted by molar-refractivity contribution is 7.19. The first-order valence-electron chi connectivity index (χ1n) is 25.9. The number of hydrogen-bond donors (Lipinski definition) is 0. The van der Waals surface area contributed by atoms with Gasteiger partial charge in [0, 0.05) is 33.0 Å². The van der Waals surface area contributed by atoms with Crippen molar-refractivity contribution in [2.24, 2.45) is 0 Å². The van der Waals surface area contributed by atoms with Crippen molar-refractivity contribution in [2.45, 2.75) is 0 Å². The molecule has 0 amide bonds. The molecule has 0 atom stereocenters. The number of aromatic nitrogens is 4. The first kappa shape index (κ1) is 47.2. The predicted octanol–water partition coefficient (Wildman–Crippen LogP) is 14.8. The molecule has 0 aliphatic carbocycles. The van der Waals surface area contributed by atoms with Crippen LogP contribution >= 0.6 is 0 Å². The summed E-state index contributed by atoms with van der Waals surface area (Å²) in [5, 5.41) is 17.0. The Bertz CT molecular complexity index is 4150. The van der Waals surface area contributed by atoms with Gasteiger partial charge in [-0.25, -0.2) is 19.8 Å². The van der Waals surface area contributed by atoms with Crippen molar-refractivity contribution < 1.29 is 0 Å². The summed E-state index contributed by atoms with van der Waals surface area (Å²) in [6.45, 7) is 7.62. The zero-order valence-electron chi connectivity index (χ0n) is 42.2. The number of fused-ring (bicyclic) bond motifs is 3.